The van der Waals surface area contributed by atoms with Crippen molar-refractivity contribution in [3.05, 3.63) is 48.0 Å². The molecule has 1 unspecified atom stereocenters. The number of hydrogen-bond donors (Lipinski definition) is 1. The fraction of sp³-hybridized carbons (Fsp3) is 0.250. The molecule has 0 fully saturated rings. The van der Waals surface area contributed by atoms with Gasteiger partial charge in [0.1, 0.15) is 0 Å². The third-order valence-corrected chi connectivity index (χ3v) is 4.11. The van der Waals surface area contributed by atoms with Crippen molar-refractivity contribution in [2.45, 2.75) is 13.3 Å². The first kappa shape index (κ1) is 14.6. The van der Waals surface area contributed by atoms with Crippen LogP contribution in [0.5, 0.6) is 0 Å². The molecule has 0 heterocycles. The quantitative estimate of drug-likeness (QED) is 0.916. The second-order valence-corrected chi connectivity index (χ2v) is 5.92. The van der Waals surface area contributed by atoms with Gasteiger partial charge in [0.2, 0.25) is 0 Å². The summed E-state index contributed by atoms with van der Waals surface area (Å²) in [5.41, 5.74) is 0.986. The Balaban J connectivity index is 2.15. The third-order valence-electron chi connectivity index (χ3n) is 3.13. The summed E-state index contributed by atoms with van der Waals surface area (Å²) in [5.74, 6) is -1.07. The van der Waals surface area contributed by atoms with Gasteiger partial charge in [-0.05, 0) is 22.8 Å². The minimum Gasteiger partial charge on any atom is -0.481 e. The van der Waals surface area contributed by atoms with Crippen LogP contribution in [0.1, 0.15) is 12.5 Å². The van der Waals surface area contributed by atoms with Crippen LogP contribution in [-0.2, 0) is 16.0 Å². The van der Waals surface area contributed by atoms with Crippen LogP contribution in [-0.4, -0.2) is 21.9 Å². The average Bonchev–Trinajstić information content (AvgIpc) is 2.42. The van der Waals surface area contributed by atoms with Crippen LogP contribution in [0.15, 0.2) is 42.5 Å². The van der Waals surface area contributed by atoms with E-state index in [4.69, 9.17) is 0 Å². The van der Waals surface area contributed by atoms with Crippen molar-refractivity contribution in [2.24, 2.45) is 5.92 Å². The highest BCUT2D eigenvalue weighted by molar-refractivity contribution is 8.13. The highest BCUT2D eigenvalue weighted by atomic mass is 32.2. The second kappa shape index (κ2) is 6.57. The van der Waals surface area contributed by atoms with E-state index >= 15 is 0 Å². The van der Waals surface area contributed by atoms with Crippen LogP contribution in [0.25, 0.3) is 10.8 Å². The van der Waals surface area contributed by atoms with Crippen LogP contribution in [0.2, 0.25) is 0 Å². The fourth-order valence-corrected chi connectivity index (χ4v) is 2.78. The Morgan fingerprint density at radius 1 is 1.15 bits per heavy atom. The van der Waals surface area contributed by atoms with Crippen LogP contribution in [0.3, 0.4) is 0 Å². The van der Waals surface area contributed by atoms with E-state index in [0.717, 1.165) is 28.1 Å². The fourth-order valence-electron chi connectivity index (χ4n) is 2.09. The zero-order valence-electron chi connectivity index (χ0n) is 11.2. The van der Waals surface area contributed by atoms with E-state index in [-0.39, 0.29) is 5.12 Å². The number of thioether (sulfide) groups is 1. The van der Waals surface area contributed by atoms with Crippen LogP contribution in [0, 0.1) is 5.92 Å². The highest BCUT2D eigenvalue weighted by Gasteiger charge is 2.19. The molecule has 2 aromatic rings. The van der Waals surface area contributed by atoms with Crippen molar-refractivity contribution in [3.63, 3.8) is 0 Å². The van der Waals surface area contributed by atoms with E-state index in [0.29, 0.717) is 12.2 Å². The maximum atomic E-state index is 11.3. The van der Waals surface area contributed by atoms with Crippen LogP contribution < -0.4 is 0 Å². The van der Waals surface area contributed by atoms with Crippen molar-refractivity contribution in [3.8, 4) is 0 Å². The molecule has 3 nitrogen and oxygen atoms in total. The van der Waals surface area contributed by atoms with E-state index in [1.54, 1.807) is 0 Å². The van der Waals surface area contributed by atoms with E-state index < -0.39 is 11.9 Å². The normalized spacial score (nSPS) is 12.2. The molecule has 0 saturated carbocycles. The van der Waals surface area contributed by atoms with Gasteiger partial charge < -0.3 is 5.11 Å². The van der Waals surface area contributed by atoms with Gasteiger partial charge >= 0.3 is 5.97 Å². The lowest BCUT2D eigenvalue weighted by Gasteiger charge is -2.11. The maximum Gasteiger partial charge on any atom is 0.307 e. The molecule has 20 heavy (non-hydrogen) atoms. The molecule has 0 spiro atoms. The van der Waals surface area contributed by atoms with Crippen LogP contribution in [0.4, 0.5) is 0 Å². The predicted octanol–water partition coefficient (Wildman–Crippen LogP) is 3.36. The minimum atomic E-state index is -0.855. The third kappa shape index (κ3) is 3.84. The number of hydrogen-bond acceptors (Lipinski definition) is 3. The minimum absolute atomic E-state index is 0.0465. The van der Waals surface area contributed by atoms with Gasteiger partial charge in [0, 0.05) is 12.7 Å². The monoisotopic (exact) mass is 288 g/mol. The first-order valence-electron chi connectivity index (χ1n) is 6.40. The summed E-state index contributed by atoms with van der Waals surface area (Å²) < 4.78 is 0. The summed E-state index contributed by atoms with van der Waals surface area (Å²) in [5, 5.41) is 11.4. The van der Waals surface area contributed by atoms with Gasteiger partial charge in [0.25, 0.3) is 0 Å². The van der Waals surface area contributed by atoms with Gasteiger partial charge in [-0.25, -0.2) is 0 Å². The van der Waals surface area contributed by atoms with E-state index in [2.05, 4.69) is 0 Å². The molecular formula is C16H16O3S. The van der Waals surface area contributed by atoms with Crippen molar-refractivity contribution < 1.29 is 14.7 Å². The summed E-state index contributed by atoms with van der Waals surface area (Å²) >= 11 is 1.07. The largest absolute Gasteiger partial charge is 0.481 e. The molecular weight excluding hydrogens is 272 g/mol. The summed E-state index contributed by atoms with van der Waals surface area (Å²) in [4.78, 5) is 22.2. The number of carboxylic acids is 1. The Labute approximate surface area is 122 Å². The number of rotatable bonds is 5. The summed E-state index contributed by atoms with van der Waals surface area (Å²) in [6.45, 7) is 1.46. The van der Waals surface area contributed by atoms with Crippen LogP contribution >= 0.6 is 11.8 Å². The average molecular weight is 288 g/mol. The molecule has 2 rings (SSSR count). The second-order valence-electron chi connectivity index (χ2n) is 4.72. The lowest BCUT2D eigenvalue weighted by Crippen LogP contribution is -2.19. The molecule has 2 aromatic carbocycles. The van der Waals surface area contributed by atoms with Gasteiger partial charge in [-0.15, -0.1) is 0 Å². The predicted molar refractivity (Wildman–Crippen MR) is 81.9 cm³/mol. The number of carbonyl (C=O) groups excluding carboxylic acids is 1. The first-order valence-corrected chi connectivity index (χ1v) is 7.38. The lowest BCUT2D eigenvalue weighted by atomic mass is 9.98. The SMILES string of the molecule is CC(=O)SCC(Cc1ccc2ccccc2c1)C(=O)O. The van der Waals surface area contributed by atoms with E-state index in [1.807, 2.05) is 42.5 Å². The standard InChI is InChI=1S/C16H16O3S/c1-11(17)20-10-15(16(18)19)9-12-6-7-13-4-2-3-5-14(13)8-12/h2-8,15H,9-10H2,1H3,(H,18,19). The molecule has 4 heteroatoms. The molecule has 0 aromatic heterocycles. The van der Waals surface area contributed by atoms with Gasteiger partial charge in [0.15, 0.2) is 5.12 Å². The van der Waals surface area contributed by atoms with Gasteiger partial charge in [-0.3, -0.25) is 9.59 Å². The molecule has 1 N–H and O–H groups in total. The Bertz CT molecular complexity index is 636. The molecule has 0 aliphatic carbocycles. The van der Waals surface area contributed by atoms with Gasteiger partial charge in [-0.1, -0.05) is 54.2 Å². The van der Waals surface area contributed by atoms with Crippen molar-refractivity contribution >= 4 is 33.6 Å². The Morgan fingerprint density at radius 3 is 2.50 bits per heavy atom. The molecule has 0 amide bonds. The Morgan fingerprint density at radius 2 is 1.85 bits per heavy atom. The number of benzene rings is 2. The molecule has 0 saturated heterocycles. The zero-order valence-corrected chi connectivity index (χ0v) is 12.0. The van der Waals surface area contributed by atoms with Crippen molar-refractivity contribution in [1.82, 2.24) is 0 Å². The summed E-state index contributed by atoms with van der Waals surface area (Å²) in [7, 11) is 0. The van der Waals surface area contributed by atoms with E-state index in [9.17, 15) is 14.7 Å². The zero-order chi connectivity index (χ0) is 14.5. The molecule has 0 bridgehead atoms. The highest BCUT2D eigenvalue weighted by Crippen LogP contribution is 2.20. The maximum absolute atomic E-state index is 11.3. The Hall–Kier alpha value is -1.81. The van der Waals surface area contributed by atoms with Crippen molar-refractivity contribution in [2.75, 3.05) is 5.75 Å². The summed E-state index contributed by atoms with van der Waals surface area (Å²) in [6.07, 6.45) is 0.445. The molecule has 1 atom stereocenters. The Kier molecular flexibility index (Phi) is 4.79. The number of aliphatic carboxylic acids is 1. The molecule has 0 radical (unpaired) electrons. The lowest BCUT2D eigenvalue weighted by molar-refractivity contribution is -0.140. The van der Waals surface area contributed by atoms with Crippen molar-refractivity contribution in [1.29, 1.82) is 0 Å². The molecule has 0 aliphatic rings. The number of fused-ring (bicyclic) bond motifs is 1. The topological polar surface area (TPSA) is 54.4 Å². The smallest absolute Gasteiger partial charge is 0.307 e. The van der Waals surface area contributed by atoms with E-state index in [1.165, 1.54) is 6.92 Å². The van der Waals surface area contributed by atoms with Gasteiger partial charge in [-0.2, -0.15) is 0 Å². The summed E-state index contributed by atoms with van der Waals surface area (Å²) in [6, 6.07) is 14.0. The van der Waals surface area contributed by atoms with Gasteiger partial charge in [0.05, 0.1) is 5.92 Å². The number of carboxylic acid groups (broad SMARTS) is 1. The first-order chi connectivity index (χ1) is 9.56. The molecule has 104 valence electrons. The number of carbonyl (C=O) groups is 2. The molecule has 0 aliphatic heterocycles.